The normalized spacial score (nSPS) is 21.7. The second kappa shape index (κ2) is 3.10. The van der Waals surface area contributed by atoms with E-state index >= 15 is 0 Å². The molecule has 1 saturated heterocycles. The molecule has 0 spiro atoms. The number of hydrogen-bond donors (Lipinski definition) is 0. The monoisotopic (exact) mass is 182 g/mol. The second-order valence-electron chi connectivity index (χ2n) is 3.82. The van der Waals surface area contributed by atoms with Crippen LogP contribution in [0.15, 0.2) is 4.52 Å². The molecule has 0 aliphatic carbocycles. The Morgan fingerprint density at radius 2 is 2.00 bits per heavy atom. The van der Waals surface area contributed by atoms with Crippen LogP contribution in [-0.2, 0) is 10.2 Å². The Balaban J connectivity index is 2.22. The topological polar surface area (TPSA) is 48.2 Å². The van der Waals surface area contributed by atoms with Crippen molar-refractivity contribution in [3.05, 3.63) is 11.7 Å². The van der Waals surface area contributed by atoms with Gasteiger partial charge in [-0.3, -0.25) is 0 Å². The summed E-state index contributed by atoms with van der Waals surface area (Å²) < 4.78 is 10.5. The van der Waals surface area contributed by atoms with Gasteiger partial charge in [-0.2, -0.15) is 4.98 Å². The lowest BCUT2D eigenvalue weighted by molar-refractivity contribution is 0.0447. The molecule has 0 radical (unpaired) electrons. The summed E-state index contributed by atoms with van der Waals surface area (Å²) in [5, 5.41) is 3.81. The van der Waals surface area contributed by atoms with Gasteiger partial charge in [0.05, 0.1) is 5.41 Å². The fourth-order valence-electron chi connectivity index (χ4n) is 1.58. The van der Waals surface area contributed by atoms with Crippen molar-refractivity contribution in [3.8, 4) is 0 Å². The first kappa shape index (κ1) is 8.69. The van der Waals surface area contributed by atoms with Crippen LogP contribution < -0.4 is 0 Å². The third kappa shape index (κ3) is 1.58. The summed E-state index contributed by atoms with van der Waals surface area (Å²) in [5.74, 6) is 1.47. The second-order valence-corrected chi connectivity index (χ2v) is 3.82. The average Bonchev–Trinajstić information content (AvgIpc) is 2.54. The minimum absolute atomic E-state index is 0.0273. The molecular formula is C9H14N2O2. The van der Waals surface area contributed by atoms with E-state index in [4.69, 9.17) is 9.26 Å². The van der Waals surface area contributed by atoms with Gasteiger partial charge in [0.25, 0.3) is 0 Å². The Morgan fingerprint density at radius 1 is 1.31 bits per heavy atom. The third-order valence-corrected chi connectivity index (χ3v) is 2.64. The third-order valence-electron chi connectivity index (χ3n) is 2.64. The smallest absolute Gasteiger partial charge is 0.232 e. The van der Waals surface area contributed by atoms with E-state index in [2.05, 4.69) is 17.1 Å². The van der Waals surface area contributed by atoms with Crippen LogP contribution in [0.4, 0.5) is 0 Å². The summed E-state index contributed by atoms with van der Waals surface area (Å²) in [4.78, 5) is 4.27. The highest BCUT2D eigenvalue weighted by atomic mass is 16.5. The zero-order chi connectivity index (χ0) is 9.31. The lowest BCUT2D eigenvalue weighted by Gasteiger charge is -2.29. The Hall–Kier alpha value is -0.900. The van der Waals surface area contributed by atoms with Gasteiger partial charge in [0.2, 0.25) is 5.89 Å². The van der Waals surface area contributed by atoms with Crippen LogP contribution in [0.1, 0.15) is 31.5 Å². The Kier molecular flexibility index (Phi) is 2.07. The summed E-state index contributed by atoms with van der Waals surface area (Å²) in [5.41, 5.74) is 0.0273. The number of aromatic nitrogens is 2. The van der Waals surface area contributed by atoms with Crippen LogP contribution in [0.5, 0.6) is 0 Å². The first-order valence-corrected chi connectivity index (χ1v) is 4.59. The molecule has 0 atom stereocenters. The molecule has 0 saturated carbocycles. The van der Waals surface area contributed by atoms with E-state index in [1.807, 2.05) is 6.92 Å². The van der Waals surface area contributed by atoms with Crippen molar-refractivity contribution in [1.29, 1.82) is 0 Å². The summed E-state index contributed by atoms with van der Waals surface area (Å²) in [6.45, 7) is 5.58. The Morgan fingerprint density at radius 3 is 2.54 bits per heavy atom. The van der Waals surface area contributed by atoms with Crippen LogP contribution in [0, 0.1) is 6.92 Å². The lowest BCUT2D eigenvalue weighted by atomic mass is 9.82. The first-order valence-electron chi connectivity index (χ1n) is 4.59. The van der Waals surface area contributed by atoms with Gasteiger partial charge in [-0.05, 0) is 19.8 Å². The zero-order valence-corrected chi connectivity index (χ0v) is 8.04. The van der Waals surface area contributed by atoms with Gasteiger partial charge >= 0.3 is 0 Å². The van der Waals surface area contributed by atoms with Gasteiger partial charge in [0.15, 0.2) is 5.82 Å². The summed E-state index contributed by atoms with van der Waals surface area (Å²) in [6.07, 6.45) is 1.93. The highest BCUT2D eigenvalue weighted by molar-refractivity contribution is 5.03. The predicted molar refractivity (Wildman–Crippen MR) is 46.4 cm³/mol. The highest BCUT2D eigenvalue weighted by Crippen LogP contribution is 2.32. The van der Waals surface area contributed by atoms with Gasteiger partial charge in [0, 0.05) is 13.2 Å². The zero-order valence-electron chi connectivity index (χ0n) is 8.04. The van der Waals surface area contributed by atoms with Gasteiger partial charge in [0.1, 0.15) is 0 Å². The molecule has 0 unspecified atom stereocenters. The van der Waals surface area contributed by atoms with Gasteiger partial charge in [-0.15, -0.1) is 0 Å². The van der Waals surface area contributed by atoms with E-state index in [0.29, 0.717) is 5.82 Å². The van der Waals surface area contributed by atoms with Crippen molar-refractivity contribution in [3.63, 3.8) is 0 Å². The minimum Gasteiger partial charge on any atom is -0.381 e. The van der Waals surface area contributed by atoms with E-state index in [-0.39, 0.29) is 5.41 Å². The van der Waals surface area contributed by atoms with Crippen molar-refractivity contribution in [2.45, 2.75) is 32.1 Å². The Labute approximate surface area is 77.3 Å². The van der Waals surface area contributed by atoms with Gasteiger partial charge < -0.3 is 9.26 Å². The van der Waals surface area contributed by atoms with Gasteiger partial charge in [-0.25, -0.2) is 0 Å². The molecule has 72 valence electrons. The number of aryl methyl sites for hydroxylation is 1. The van der Waals surface area contributed by atoms with Crippen molar-refractivity contribution in [1.82, 2.24) is 10.1 Å². The van der Waals surface area contributed by atoms with Gasteiger partial charge in [-0.1, -0.05) is 12.1 Å². The average molecular weight is 182 g/mol. The van der Waals surface area contributed by atoms with E-state index in [9.17, 15) is 0 Å². The number of ether oxygens (including phenoxy) is 1. The van der Waals surface area contributed by atoms with Crippen molar-refractivity contribution in [2.75, 3.05) is 13.2 Å². The molecule has 1 aliphatic heterocycles. The van der Waals surface area contributed by atoms with E-state index in [0.717, 1.165) is 31.9 Å². The summed E-state index contributed by atoms with van der Waals surface area (Å²) in [6, 6.07) is 0. The molecule has 1 aromatic rings. The summed E-state index contributed by atoms with van der Waals surface area (Å²) in [7, 11) is 0. The maximum absolute atomic E-state index is 5.30. The first-order chi connectivity index (χ1) is 6.21. The number of nitrogens with zero attached hydrogens (tertiary/aromatic N) is 2. The molecular weight excluding hydrogens is 168 g/mol. The maximum atomic E-state index is 5.30. The molecule has 2 rings (SSSR count). The lowest BCUT2D eigenvalue weighted by Crippen LogP contribution is -2.30. The largest absolute Gasteiger partial charge is 0.381 e. The van der Waals surface area contributed by atoms with E-state index in [1.165, 1.54) is 0 Å². The quantitative estimate of drug-likeness (QED) is 0.659. The molecule has 0 aromatic carbocycles. The SMILES string of the molecule is Cc1noc(C2(C)CCOCC2)n1. The molecule has 0 bridgehead atoms. The van der Waals surface area contributed by atoms with Crippen molar-refractivity contribution in [2.24, 2.45) is 0 Å². The van der Waals surface area contributed by atoms with Crippen molar-refractivity contribution < 1.29 is 9.26 Å². The van der Waals surface area contributed by atoms with Crippen LogP contribution >= 0.6 is 0 Å². The molecule has 13 heavy (non-hydrogen) atoms. The van der Waals surface area contributed by atoms with Crippen LogP contribution in [0.2, 0.25) is 0 Å². The molecule has 0 amide bonds. The van der Waals surface area contributed by atoms with Crippen molar-refractivity contribution >= 4 is 0 Å². The predicted octanol–water partition coefficient (Wildman–Crippen LogP) is 1.45. The molecule has 1 aromatic heterocycles. The van der Waals surface area contributed by atoms with Crippen LogP contribution in [0.3, 0.4) is 0 Å². The molecule has 0 N–H and O–H groups in total. The van der Waals surface area contributed by atoms with E-state index in [1.54, 1.807) is 0 Å². The number of hydrogen-bond acceptors (Lipinski definition) is 4. The molecule has 4 nitrogen and oxygen atoms in total. The summed E-state index contributed by atoms with van der Waals surface area (Å²) >= 11 is 0. The Bertz CT molecular complexity index is 290. The fraction of sp³-hybridized carbons (Fsp3) is 0.778. The van der Waals surface area contributed by atoms with E-state index < -0.39 is 0 Å². The number of rotatable bonds is 1. The fourth-order valence-corrected chi connectivity index (χ4v) is 1.58. The molecule has 1 fully saturated rings. The molecule has 4 heteroatoms. The van der Waals surface area contributed by atoms with Crippen LogP contribution in [0.25, 0.3) is 0 Å². The maximum Gasteiger partial charge on any atom is 0.232 e. The highest BCUT2D eigenvalue weighted by Gasteiger charge is 2.34. The van der Waals surface area contributed by atoms with Crippen LogP contribution in [-0.4, -0.2) is 23.4 Å². The molecule has 1 aliphatic rings. The minimum atomic E-state index is 0.0273. The standard InChI is InChI=1S/C9H14N2O2/c1-7-10-8(13-11-7)9(2)3-5-12-6-4-9/h3-6H2,1-2H3. The molecule has 2 heterocycles.